The van der Waals surface area contributed by atoms with Crippen molar-refractivity contribution >= 4 is 17.3 Å². The topological polar surface area (TPSA) is 105 Å². The largest absolute Gasteiger partial charge is 0.474 e. The molecule has 0 aromatic heterocycles. The van der Waals surface area contributed by atoms with Gasteiger partial charge in [0.2, 0.25) is 0 Å². The number of benzene rings is 2. The molecule has 0 heterocycles. The Morgan fingerprint density at radius 1 is 1.26 bits per heavy atom. The molecule has 0 saturated carbocycles. The summed E-state index contributed by atoms with van der Waals surface area (Å²) in [6.07, 6.45) is -0.970. The first-order valence-corrected chi connectivity index (χ1v) is 6.73. The molecule has 116 valence electrons. The molecule has 2 aromatic rings. The number of carbonyl (C=O) groups excluding carboxylic acids is 1. The van der Waals surface area contributed by atoms with Crippen LogP contribution in [0.3, 0.4) is 0 Å². The van der Waals surface area contributed by atoms with Crippen LogP contribution in [0, 0.1) is 21.4 Å². The predicted molar refractivity (Wildman–Crippen MR) is 83.0 cm³/mol. The number of ether oxygens (including phenoxy) is 1. The molecule has 0 radical (unpaired) electrons. The second-order valence-corrected chi connectivity index (χ2v) is 4.63. The lowest BCUT2D eigenvalue weighted by atomic mass is 10.2. The second-order valence-electron chi connectivity index (χ2n) is 4.63. The lowest BCUT2D eigenvalue weighted by Gasteiger charge is -2.15. The standard InChI is InChI=1S/C16H13N3O4/c1-11(23-15-9-5-4-8-14(15)19(21)22)16(20)18-13-7-3-2-6-12(13)10-17/h2-9,11H,1H3,(H,18,20)/t11-/m0/s1. The summed E-state index contributed by atoms with van der Waals surface area (Å²) in [5.41, 5.74) is 0.460. The Morgan fingerprint density at radius 3 is 2.61 bits per heavy atom. The van der Waals surface area contributed by atoms with Gasteiger partial charge in [-0.2, -0.15) is 5.26 Å². The van der Waals surface area contributed by atoms with E-state index in [1.54, 1.807) is 30.3 Å². The third-order valence-electron chi connectivity index (χ3n) is 3.04. The van der Waals surface area contributed by atoms with Crippen LogP contribution in [0.4, 0.5) is 11.4 Å². The molecule has 0 aliphatic heterocycles. The first-order valence-electron chi connectivity index (χ1n) is 6.73. The SMILES string of the molecule is C[C@H](Oc1ccccc1[N+](=O)[O-])C(=O)Nc1ccccc1C#N. The number of hydrogen-bond acceptors (Lipinski definition) is 5. The van der Waals surface area contributed by atoms with Gasteiger partial charge in [0.1, 0.15) is 6.07 Å². The summed E-state index contributed by atoms with van der Waals surface area (Å²) in [6, 6.07) is 14.3. The number of amides is 1. The van der Waals surface area contributed by atoms with Crippen LogP contribution in [0.15, 0.2) is 48.5 Å². The zero-order chi connectivity index (χ0) is 16.8. The average Bonchev–Trinajstić information content (AvgIpc) is 2.55. The zero-order valence-corrected chi connectivity index (χ0v) is 12.2. The van der Waals surface area contributed by atoms with E-state index in [1.807, 2.05) is 6.07 Å². The Kier molecular flexibility index (Phi) is 4.89. The van der Waals surface area contributed by atoms with Crippen molar-refractivity contribution < 1.29 is 14.5 Å². The number of anilines is 1. The lowest BCUT2D eigenvalue weighted by molar-refractivity contribution is -0.386. The van der Waals surface area contributed by atoms with Gasteiger partial charge in [0.15, 0.2) is 11.9 Å². The van der Waals surface area contributed by atoms with Crippen LogP contribution >= 0.6 is 0 Å². The molecule has 0 bridgehead atoms. The fourth-order valence-electron chi connectivity index (χ4n) is 1.88. The van der Waals surface area contributed by atoms with Crippen LogP contribution in [0.25, 0.3) is 0 Å². The highest BCUT2D eigenvalue weighted by molar-refractivity contribution is 5.95. The van der Waals surface area contributed by atoms with Gasteiger partial charge in [0, 0.05) is 6.07 Å². The van der Waals surface area contributed by atoms with E-state index >= 15 is 0 Å². The Balaban J connectivity index is 2.12. The Bertz CT molecular complexity index is 783. The Hall–Kier alpha value is -3.40. The van der Waals surface area contributed by atoms with E-state index in [0.29, 0.717) is 11.3 Å². The second kappa shape index (κ2) is 7.04. The molecular formula is C16H13N3O4. The van der Waals surface area contributed by atoms with Crippen molar-refractivity contribution in [3.63, 3.8) is 0 Å². The van der Waals surface area contributed by atoms with Gasteiger partial charge in [0.05, 0.1) is 16.2 Å². The molecule has 1 amide bonds. The molecule has 0 aliphatic carbocycles. The molecule has 2 aromatic carbocycles. The van der Waals surface area contributed by atoms with E-state index in [9.17, 15) is 14.9 Å². The van der Waals surface area contributed by atoms with E-state index in [1.165, 1.54) is 25.1 Å². The summed E-state index contributed by atoms with van der Waals surface area (Å²) < 4.78 is 5.38. The maximum Gasteiger partial charge on any atom is 0.310 e. The monoisotopic (exact) mass is 311 g/mol. The molecule has 23 heavy (non-hydrogen) atoms. The van der Waals surface area contributed by atoms with Crippen molar-refractivity contribution in [1.29, 1.82) is 5.26 Å². The maximum atomic E-state index is 12.2. The van der Waals surface area contributed by atoms with Gasteiger partial charge in [-0.3, -0.25) is 14.9 Å². The molecule has 0 unspecified atom stereocenters. The number of carbonyl (C=O) groups is 1. The van der Waals surface area contributed by atoms with Crippen molar-refractivity contribution in [3.8, 4) is 11.8 Å². The number of nitro groups is 1. The minimum atomic E-state index is -0.970. The van der Waals surface area contributed by atoms with Crippen molar-refractivity contribution in [2.24, 2.45) is 0 Å². The molecule has 0 saturated heterocycles. The molecule has 1 N–H and O–H groups in total. The van der Waals surface area contributed by atoms with E-state index < -0.39 is 16.9 Å². The van der Waals surface area contributed by atoms with Crippen molar-refractivity contribution in [3.05, 3.63) is 64.2 Å². The van der Waals surface area contributed by atoms with Crippen LogP contribution in [0.5, 0.6) is 5.75 Å². The van der Waals surface area contributed by atoms with Gasteiger partial charge in [-0.25, -0.2) is 0 Å². The summed E-state index contributed by atoms with van der Waals surface area (Å²) in [5.74, 6) is -0.500. The number of nitrogens with zero attached hydrogens (tertiary/aromatic N) is 2. The average molecular weight is 311 g/mol. The van der Waals surface area contributed by atoms with Gasteiger partial charge in [0.25, 0.3) is 5.91 Å². The summed E-state index contributed by atoms with van der Waals surface area (Å²) in [6.45, 7) is 1.47. The van der Waals surface area contributed by atoms with Crippen molar-refractivity contribution in [1.82, 2.24) is 0 Å². The fourth-order valence-corrected chi connectivity index (χ4v) is 1.88. The Morgan fingerprint density at radius 2 is 1.91 bits per heavy atom. The normalized spacial score (nSPS) is 11.1. The minimum absolute atomic E-state index is 0.00807. The van der Waals surface area contributed by atoms with Crippen LogP contribution in [0.1, 0.15) is 12.5 Å². The summed E-state index contributed by atoms with van der Waals surface area (Å²) >= 11 is 0. The summed E-state index contributed by atoms with van der Waals surface area (Å²) in [4.78, 5) is 22.5. The molecule has 7 nitrogen and oxygen atoms in total. The number of rotatable bonds is 5. The highest BCUT2D eigenvalue weighted by atomic mass is 16.6. The third kappa shape index (κ3) is 3.83. The first-order chi connectivity index (χ1) is 11.0. The van der Waals surface area contributed by atoms with E-state index in [2.05, 4.69) is 5.32 Å². The number of nitrogens with one attached hydrogen (secondary N) is 1. The Labute approximate surface area is 132 Å². The predicted octanol–water partition coefficient (Wildman–Crippen LogP) is 2.87. The van der Waals surface area contributed by atoms with Crippen LogP contribution < -0.4 is 10.1 Å². The van der Waals surface area contributed by atoms with Gasteiger partial charge in [-0.05, 0) is 25.1 Å². The van der Waals surface area contributed by atoms with E-state index in [0.717, 1.165) is 0 Å². The molecule has 7 heteroatoms. The quantitative estimate of drug-likeness (QED) is 0.675. The van der Waals surface area contributed by atoms with Gasteiger partial charge in [-0.15, -0.1) is 0 Å². The maximum absolute atomic E-state index is 12.2. The number of nitro benzene ring substituents is 1. The first kappa shape index (κ1) is 16.0. The fraction of sp³-hybridized carbons (Fsp3) is 0.125. The molecule has 2 rings (SSSR count). The van der Waals surface area contributed by atoms with Crippen molar-refractivity contribution in [2.75, 3.05) is 5.32 Å². The van der Waals surface area contributed by atoms with Gasteiger partial charge < -0.3 is 10.1 Å². The number of hydrogen-bond donors (Lipinski definition) is 1. The molecule has 0 fully saturated rings. The zero-order valence-electron chi connectivity index (χ0n) is 12.2. The smallest absolute Gasteiger partial charge is 0.310 e. The van der Waals surface area contributed by atoms with Crippen molar-refractivity contribution in [2.45, 2.75) is 13.0 Å². The third-order valence-corrected chi connectivity index (χ3v) is 3.04. The number of nitriles is 1. The molecule has 0 spiro atoms. The molecule has 1 atom stereocenters. The van der Waals surface area contributed by atoms with E-state index in [4.69, 9.17) is 10.00 Å². The van der Waals surface area contributed by atoms with E-state index in [-0.39, 0.29) is 11.4 Å². The highest BCUT2D eigenvalue weighted by Gasteiger charge is 2.21. The molecular weight excluding hydrogens is 298 g/mol. The van der Waals surface area contributed by atoms with Gasteiger partial charge >= 0.3 is 5.69 Å². The van der Waals surface area contributed by atoms with Gasteiger partial charge in [-0.1, -0.05) is 24.3 Å². The van der Waals surface area contributed by atoms with Crippen LogP contribution in [0.2, 0.25) is 0 Å². The minimum Gasteiger partial charge on any atom is -0.474 e. The lowest BCUT2D eigenvalue weighted by Crippen LogP contribution is -2.30. The van der Waals surface area contributed by atoms with Crippen LogP contribution in [-0.4, -0.2) is 16.9 Å². The molecule has 0 aliphatic rings. The summed E-state index contributed by atoms with van der Waals surface area (Å²) in [5, 5.41) is 22.5. The van der Waals surface area contributed by atoms with Crippen LogP contribution in [-0.2, 0) is 4.79 Å². The number of para-hydroxylation sites is 3. The summed E-state index contributed by atoms with van der Waals surface area (Å²) in [7, 11) is 0. The highest BCUT2D eigenvalue weighted by Crippen LogP contribution is 2.27.